The molecular weight excluding hydrogens is 283 g/mol. The molecule has 1 aromatic rings. The van der Waals surface area contributed by atoms with Gasteiger partial charge in [0.25, 0.3) is 0 Å². The van der Waals surface area contributed by atoms with E-state index in [4.69, 9.17) is 15.2 Å². The largest absolute Gasteiger partial charge is 0.491 e. The summed E-state index contributed by atoms with van der Waals surface area (Å²) in [6.07, 6.45) is -3.32. The second-order valence-electron chi connectivity index (χ2n) is 4.75. The summed E-state index contributed by atoms with van der Waals surface area (Å²) in [6.45, 7) is 4.57. The zero-order chi connectivity index (χ0) is 15.9. The number of rotatable bonds is 8. The molecule has 0 aliphatic carbocycles. The Morgan fingerprint density at radius 2 is 1.90 bits per heavy atom. The second kappa shape index (κ2) is 8.24. The average Bonchev–Trinajstić information content (AvgIpc) is 2.43. The molecule has 1 unspecified atom stereocenters. The van der Waals surface area contributed by atoms with Crippen molar-refractivity contribution in [1.82, 2.24) is 0 Å². The molecule has 0 saturated heterocycles. The van der Waals surface area contributed by atoms with Gasteiger partial charge in [0.15, 0.2) is 0 Å². The molecule has 0 aromatic heterocycles. The maximum absolute atomic E-state index is 13.1. The number of benzene rings is 1. The third-order valence-electron chi connectivity index (χ3n) is 3.06. The molecule has 0 radical (unpaired) electrons. The molecule has 21 heavy (non-hydrogen) atoms. The minimum absolute atomic E-state index is 0.0880. The highest BCUT2D eigenvalue weighted by Gasteiger charge is 2.34. The fraction of sp³-hybridized carbons (Fsp3) is 0.600. The molecule has 0 amide bonds. The van der Waals surface area contributed by atoms with Crippen LogP contribution in [-0.2, 0) is 17.3 Å². The van der Waals surface area contributed by atoms with Gasteiger partial charge in [0.2, 0.25) is 0 Å². The van der Waals surface area contributed by atoms with E-state index in [0.717, 1.165) is 6.07 Å². The summed E-state index contributed by atoms with van der Waals surface area (Å²) in [6, 6.07) is 3.95. The molecule has 1 aromatic carbocycles. The molecule has 0 heterocycles. The molecule has 3 nitrogen and oxygen atoms in total. The van der Waals surface area contributed by atoms with Crippen LogP contribution in [0, 0.1) is 0 Å². The Bertz CT molecular complexity index is 435. The molecule has 0 spiro atoms. The van der Waals surface area contributed by atoms with Crippen LogP contribution in [0.3, 0.4) is 0 Å². The van der Waals surface area contributed by atoms with E-state index >= 15 is 0 Å². The van der Waals surface area contributed by atoms with Crippen molar-refractivity contribution >= 4 is 0 Å². The first-order chi connectivity index (χ1) is 9.88. The number of halogens is 3. The lowest BCUT2D eigenvalue weighted by atomic mass is 10.0. The fourth-order valence-corrected chi connectivity index (χ4v) is 1.85. The van der Waals surface area contributed by atoms with Crippen LogP contribution in [0.25, 0.3) is 0 Å². The van der Waals surface area contributed by atoms with Crippen molar-refractivity contribution in [2.24, 2.45) is 5.73 Å². The first-order valence-corrected chi connectivity index (χ1v) is 7.04. The van der Waals surface area contributed by atoms with E-state index in [1.165, 1.54) is 6.07 Å². The van der Waals surface area contributed by atoms with E-state index in [1.807, 2.05) is 13.8 Å². The van der Waals surface area contributed by atoms with Gasteiger partial charge in [0.1, 0.15) is 12.4 Å². The summed E-state index contributed by atoms with van der Waals surface area (Å²) in [5.74, 6) is -0.170. The maximum atomic E-state index is 13.1. The van der Waals surface area contributed by atoms with Gasteiger partial charge in [-0.2, -0.15) is 13.2 Å². The van der Waals surface area contributed by atoms with Crippen LogP contribution in [0.5, 0.6) is 5.75 Å². The molecular formula is C15H22F3NO2. The first kappa shape index (κ1) is 17.8. The standard InChI is InChI=1S/C15H22F3NO2/c1-3-12(19)9-11-5-6-14(21-8-7-20-4-2)13(10-11)15(16,17)18/h5-6,10,12H,3-4,7-9,19H2,1-2H3. The second-order valence-corrected chi connectivity index (χ2v) is 4.75. The molecule has 1 atom stereocenters. The fourth-order valence-electron chi connectivity index (χ4n) is 1.85. The molecule has 6 heteroatoms. The van der Waals surface area contributed by atoms with E-state index < -0.39 is 11.7 Å². The minimum atomic E-state index is -4.45. The Kier molecular flexibility index (Phi) is 6.98. The zero-order valence-corrected chi connectivity index (χ0v) is 12.4. The van der Waals surface area contributed by atoms with Crippen molar-refractivity contribution in [2.45, 2.75) is 38.9 Å². The van der Waals surface area contributed by atoms with Crippen molar-refractivity contribution in [3.05, 3.63) is 29.3 Å². The van der Waals surface area contributed by atoms with Crippen LogP contribution in [0.1, 0.15) is 31.4 Å². The Labute approximate surface area is 123 Å². The molecule has 1 rings (SSSR count). The van der Waals surface area contributed by atoms with Gasteiger partial charge in [-0.25, -0.2) is 0 Å². The predicted octanol–water partition coefficient (Wildman–Crippen LogP) is 3.40. The Balaban J connectivity index is 2.87. The van der Waals surface area contributed by atoms with Gasteiger partial charge < -0.3 is 15.2 Å². The van der Waals surface area contributed by atoms with E-state index in [2.05, 4.69) is 0 Å². The lowest BCUT2D eigenvalue weighted by molar-refractivity contribution is -0.139. The molecule has 0 bridgehead atoms. The highest BCUT2D eigenvalue weighted by Crippen LogP contribution is 2.37. The Morgan fingerprint density at radius 3 is 2.48 bits per heavy atom. The van der Waals surface area contributed by atoms with Crippen LogP contribution in [-0.4, -0.2) is 25.9 Å². The van der Waals surface area contributed by atoms with Crippen molar-refractivity contribution in [1.29, 1.82) is 0 Å². The van der Waals surface area contributed by atoms with Gasteiger partial charge in [0, 0.05) is 12.6 Å². The average molecular weight is 305 g/mol. The summed E-state index contributed by atoms with van der Waals surface area (Å²) < 4.78 is 49.5. The number of ether oxygens (including phenoxy) is 2. The molecule has 2 N–H and O–H groups in total. The highest BCUT2D eigenvalue weighted by molar-refractivity contribution is 5.39. The van der Waals surface area contributed by atoms with E-state index in [1.54, 1.807) is 6.07 Å². The van der Waals surface area contributed by atoms with Crippen molar-refractivity contribution in [3.63, 3.8) is 0 Å². The van der Waals surface area contributed by atoms with Crippen LogP contribution in [0.2, 0.25) is 0 Å². The van der Waals surface area contributed by atoms with Gasteiger partial charge in [-0.05, 0) is 37.5 Å². The van der Waals surface area contributed by atoms with Gasteiger partial charge >= 0.3 is 6.18 Å². The number of alkyl halides is 3. The lowest BCUT2D eigenvalue weighted by Crippen LogP contribution is -2.21. The number of nitrogens with two attached hydrogens (primary N) is 1. The predicted molar refractivity (Wildman–Crippen MR) is 75.4 cm³/mol. The van der Waals surface area contributed by atoms with Gasteiger partial charge in [-0.15, -0.1) is 0 Å². The van der Waals surface area contributed by atoms with Crippen molar-refractivity contribution < 1.29 is 22.6 Å². The zero-order valence-electron chi connectivity index (χ0n) is 12.4. The molecule has 0 aliphatic heterocycles. The highest BCUT2D eigenvalue weighted by atomic mass is 19.4. The maximum Gasteiger partial charge on any atom is 0.419 e. The quantitative estimate of drug-likeness (QED) is 0.749. The summed E-state index contributed by atoms with van der Waals surface area (Å²) in [7, 11) is 0. The Morgan fingerprint density at radius 1 is 1.19 bits per heavy atom. The molecule has 0 saturated carbocycles. The van der Waals surface area contributed by atoms with E-state index in [0.29, 0.717) is 25.0 Å². The van der Waals surface area contributed by atoms with Gasteiger partial charge in [-0.1, -0.05) is 13.0 Å². The van der Waals surface area contributed by atoms with Crippen molar-refractivity contribution in [2.75, 3.05) is 19.8 Å². The van der Waals surface area contributed by atoms with Crippen LogP contribution in [0.4, 0.5) is 13.2 Å². The van der Waals surface area contributed by atoms with Crippen LogP contribution >= 0.6 is 0 Å². The van der Waals surface area contributed by atoms with E-state index in [9.17, 15) is 13.2 Å². The normalized spacial score (nSPS) is 13.2. The molecule has 120 valence electrons. The van der Waals surface area contributed by atoms with Gasteiger partial charge in [0.05, 0.1) is 12.2 Å². The lowest BCUT2D eigenvalue weighted by Gasteiger charge is -2.16. The van der Waals surface area contributed by atoms with Gasteiger partial charge in [-0.3, -0.25) is 0 Å². The third kappa shape index (κ3) is 5.93. The molecule has 0 aliphatic rings. The third-order valence-corrected chi connectivity index (χ3v) is 3.06. The SMILES string of the molecule is CCOCCOc1ccc(CC(N)CC)cc1C(F)(F)F. The minimum Gasteiger partial charge on any atom is -0.491 e. The van der Waals surface area contributed by atoms with Crippen molar-refractivity contribution in [3.8, 4) is 5.75 Å². The van der Waals surface area contributed by atoms with E-state index in [-0.39, 0.29) is 25.0 Å². The summed E-state index contributed by atoms with van der Waals surface area (Å²) in [5.41, 5.74) is 5.59. The summed E-state index contributed by atoms with van der Waals surface area (Å²) in [5, 5.41) is 0. The monoisotopic (exact) mass is 305 g/mol. The Hall–Kier alpha value is -1.27. The smallest absolute Gasteiger partial charge is 0.419 e. The van der Waals surface area contributed by atoms with Crippen LogP contribution < -0.4 is 10.5 Å². The number of hydrogen-bond donors (Lipinski definition) is 1. The molecule has 0 fully saturated rings. The summed E-state index contributed by atoms with van der Waals surface area (Å²) >= 11 is 0. The van der Waals surface area contributed by atoms with Crippen LogP contribution in [0.15, 0.2) is 18.2 Å². The number of hydrogen-bond acceptors (Lipinski definition) is 3. The topological polar surface area (TPSA) is 44.5 Å². The first-order valence-electron chi connectivity index (χ1n) is 7.04. The summed E-state index contributed by atoms with van der Waals surface area (Å²) in [4.78, 5) is 0.